The van der Waals surface area contributed by atoms with E-state index in [1.807, 2.05) is 18.9 Å². The topological polar surface area (TPSA) is 52.9 Å². The number of nitrogens with zero attached hydrogens (tertiary/aromatic N) is 1. The Balaban J connectivity index is 2.46. The number of likely N-dealkylation sites (N-methyl/N-ethyl adjacent to an activating group) is 1. The zero-order valence-corrected chi connectivity index (χ0v) is 9.18. The van der Waals surface area contributed by atoms with Crippen molar-refractivity contribution in [3.63, 3.8) is 0 Å². The van der Waals surface area contributed by atoms with Crippen LogP contribution < -0.4 is 0 Å². The lowest BCUT2D eigenvalue weighted by molar-refractivity contribution is -0.0957. The van der Waals surface area contributed by atoms with E-state index in [0.717, 1.165) is 6.42 Å². The summed E-state index contributed by atoms with van der Waals surface area (Å²) in [5.41, 5.74) is 0. The molecule has 0 aromatic rings. The summed E-state index contributed by atoms with van der Waals surface area (Å²) in [5, 5.41) is 19.0. The maximum atomic E-state index is 9.72. The molecule has 1 aliphatic heterocycles. The van der Waals surface area contributed by atoms with Crippen LogP contribution in [0.15, 0.2) is 0 Å². The highest BCUT2D eigenvalue weighted by Gasteiger charge is 2.30. The lowest BCUT2D eigenvalue weighted by Crippen LogP contribution is -2.51. The number of aliphatic hydroxyl groups excluding tert-OH is 2. The third-order valence-corrected chi connectivity index (χ3v) is 2.69. The smallest absolute Gasteiger partial charge is 0.0929 e. The van der Waals surface area contributed by atoms with Crippen LogP contribution in [0.2, 0.25) is 0 Å². The number of ether oxygens (including phenoxy) is 1. The maximum absolute atomic E-state index is 9.72. The second-order valence-electron chi connectivity index (χ2n) is 4.30. The molecule has 0 radical (unpaired) electrons. The second kappa shape index (κ2) is 5.07. The number of hydrogen-bond acceptors (Lipinski definition) is 4. The predicted molar refractivity (Wildman–Crippen MR) is 54.1 cm³/mol. The van der Waals surface area contributed by atoms with Crippen LogP contribution in [0.25, 0.3) is 0 Å². The van der Waals surface area contributed by atoms with Crippen LogP contribution in [0, 0.1) is 0 Å². The van der Waals surface area contributed by atoms with Crippen LogP contribution in [-0.2, 0) is 4.74 Å². The molecule has 4 heteroatoms. The summed E-state index contributed by atoms with van der Waals surface area (Å²) >= 11 is 0. The van der Waals surface area contributed by atoms with E-state index < -0.39 is 6.10 Å². The standard InChI is InChI=1S/C10H21NO3/c1-7(12)5-11(3)9-4-8(2)14-6-10(9)13/h7-10,12-13H,4-6H2,1-3H3/t7?,8-,9+,10+/m1/s1. The molecule has 1 rings (SSSR count). The Kier molecular flexibility index (Phi) is 4.31. The Bertz CT molecular complexity index is 175. The minimum atomic E-state index is -0.435. The van der Waals surface area contributed by atoms with E-state index in [0.29, 0.717) is 13.2 Å². The van der Waals surface area contributed by atoms with Crippen LogP contribution in [0.3, 0.4) is 0 Å². The molecular formula is C10H21NO3. The lowest BCUT2D eigenvalue weighted by atomic mass is 10.00. The Hall–Kier alpha value is -0.160. The molecule has 0 aromatic heterocycles. The fourth-order valence-electron chi connectivity index (χ4n) is 1.96. The highest BCUT2D eigenvalue weighted by atomic mass is 16.5. The van der Waals surface area contributed by atoms with Crippen molar-refractivity contribution in [2.75, 3.05) is 20.2 Å². The molecule has 4 atom stereocenters. The molecule has 0 saturated carbocycles. The summed E-state index contributed by atoms with van der Waals surface area (Å²) in [6, 6.07) is 0.105. The highest BCUT2D eigenvalue weighted by Crippen LogP contribution is 2.18. The van der Waals surface area contributed by atoms with E-state index in [-0.39, 0.29) is 18.2 Å². The number of rotatable bonds is 3. The van der Waals surface area contributed by atoms with E-state index in [9.17, 15) is 10.2 Å². The molecular weight excluding hydrogens is 182 g/mol. The largest absolute Gasteiger partial charge is 0.392 e. The average molecular weight is 203 g/mol. The van der Waals surface area contributed by atoms with Gasteiger partial charge >= 0.3 is 0 Å². The van der Waals surface area contributed by atoms with Crippen LogP contribution in [-0.4, -0.2) is 59.7 Å². The van der Waals surface area contributed by atoms with Crippen molar-refractivity contribution in [2.45, 2.75) is 44.6 Å². The van der Waals surface area contributed by atoms with Crippen molar-refractivity contribution in [2.24, 2.45) is 0 Å². The van der Waals surface area contributed by atoms with Crippen LogP contribution in [0.4, 0.5) is 0 Å². The van der Waals surface area contributed by atoms with E-state index >= 15 is 0 Å². The third kappa shape index (κ3) is 3.20. The number of aliphatic hydroxyl groups is 2. The lowest BCUT2D eigenvalue weighted by Gasteiger charge is -2.38. The second-order valence-corrected chi connectivity index (χ2v) is 4.30. The fourth-order valence-corrected chi connectivity index (χ4v) is 1.96. The normalized spacial score (nSPS) is 36.0. The van der Waals surface area contributed by atoms with Crippen molar-refractivity contribution in [3.8, 4) is 0 Å². The van der Waals surface area contributed by atoms with Gasteiger partial charge in [-0.25, -0.2) is 0 Å². The summed E-state index contributed by atoms with van der Waals surface area (Å²) in [7, 11) is 1.93. The first kappa shape index (κ1) is 11.9. The first-order chi connectivity index (χ1) is 6.50. The first-order valence-electron chi connectivity index (χ1n) is 5.18. The van der Waals surface area contributed by atoms with Crippen molar-refractivity contribution in [3.05, 3.63) is 0 Å². The quantitative estimate of drug-likeness (QED) is 0.669. The average Bonchev–Trinajstić information content (AvgIpc) is 2.08. The summed E-state index contributed by atoms with van der Waals surface area (Å²) < 4.78 is 5.34. The van der Waals surface area contributed by atoms with Crippen LogP contribution in [0.1, 0.15) is 20.3 Å². The Morgan fingerprint density at radius 2 is 2.21 bits per heavy atom. The summed E-state index contributed by atoms with van der Waals surface area (Å²) in [5.74, 6) is 0. The van der Waals surface area contributed by atoms with Crippen molar-refractivity contribution in [1.82, 2.24) is 4.90 Å². The van der Waals surface area contributed by atoms with Gasteiger partial charge < -0.3 is 14.9 Å². The molecule has 1 fully saturated rings. The summed E-state index contributed by atoms with van der Waals surface area (Å²) in [6.45, 7) is 4.76. The molecule has 0 spiro atoms. The molecule has 2 N–H and O–H groups in total. The minimum absolute atomic E-state index is 0.105. The molecule has 1 aliphatic rings. The van der Waals surface area contributed by atoms with Gasteiger partial charge in [-0.15, -0.1) is 0 Å². The van der Waals surface area contributed by atoms with Crippen molar-refractivity contribution in [1.29, 1.82) is 0 Å². The Morgan fingerprint density at radius 3 is 2.79 bits per heavy atom. The van der Waals surface area contributed by atoms with Crippen molar-refractivity contribution < 1.29 is 14.9 Å². The zero-order valence-electron chi connectivity index (χ0n) is 9.18. The van der Waals surface area contributed by atoms with E-state index in [2.05, 4.69) is 0 Å². The van der Waals surface area contributed by atoms with Crippen LogP contribution >= 0.6 is 0 Å². The Morgan fingerprint density at radius 1 is 1.57 bits per heavy atom. The molecule has 4 nitrogen and oxygen atoms in total. The van der Waals surface area contributed by atoms with E-state index in [1.54, 1.807) is 6.92 Å². The van der Waals surface area contributed by atoms with E-state index in [4.69, 9.17) is 4.74 Å². The monoisotopic (exact) mass is 203 g/mol. The van der Waals surface area contributed by atoms with Gasteiger partial charge in [-0.05, 0) is 27.3 Å². The third-order valence-electron chi connectivity index (χ3n) is 2.69. The van der Waals surface area contributed by atoms with Gasteiger partial charge in [0.25, 0.3) is 0 Å². The van der Waals surface area contributed by atoms with Gasteiger partial charge in [0.15, 0.2) is 0 Å². The molecule has 0 bridgehead atoms. The molecule has 1 heterocycles. The molecule has 84 valence electrons. The molecule has 0 aliphatic carbocycles. The molecule has 0 aromatic carbocycles. The zero-order chi connectivity index (χ0) is 10.7. The van der Waals surface area contributed by atoms with Gasteiger partial charge in [0, 0.05) is 12.6 Å². The molecule has 1 saturated heterocycles. The first-order valence-corrected chi connectivity index (χ1v) is 5.18. The molecule has 1 unspecified atom stereocenters. The summed E-state index contributed by atoms with van der Waals surface area (Å²) in [6.07, 6.45) is 0.227. The Labute approximate surface area is 85.5 Å². The number of hydrogen-bond donors (Lipinski definition) is 2. The maximum Gasteiger partial charge on any atom is 0.0929 e. The summed E-state index contributed by atoms with van der Waals surface area (Å²) in [4.78, 5) is 2.01. The van der Waals surface area contributed by atoms with Gasteiger partial charge in [-0.1, -0.05) is 0 Å². The van der Waals surface area contributed by atoms with Gasteiger partial charge in [0.05, 0.1) is 24.9 Å². The fraction of sp³-hybridized carbons (Fsp3) is 1.00. The molecule has 0 amide bonds. The van der Waals surface area contributed by atoms with Crippen molar-refractivity contribution >= 4 is 0 Å². The van der Waals surface area contributed by atoms with Gasteiger partial charge in [-0.2, -0.15) is 0 Å². The van der Waals surface area contributed by atoms with Gasteiger partial charge in [-0.3, -0.25) is 4.90 Å². The van der Waals surface area contributed by atoms with Gasteiger partial charge in [0.2, 0.25) is 0 Å². The predicted octanol–water partition coefficient (Wildman–Crippen LogP) is -0.163. The van der Waals surface area contributed by atoms with Gasteiger partial charge in [0.1, 0.15) is 0 Å². The van der Waals surface area contributed by atoms with Crippen LogP contribution in [0.5, 0.6) is 0 Å². The SMILES string of the molecule is CC(O)CN(C)[C@H]1C[C@@H](C)OC[C@@H]1O. The highest BCUT2D eigenvalue weighted by molar-refractivity contribution is 4.83. The van der Waals surface area contributed by atoms with E-state index in [1.165, 1.54) is 0 Å². The molecule has 14 heavy (non-hydrogen) atoms. The minimum Gasteiger partial charge on any atom is -0.392 e.